The summed E-state index contributed by atoms with van der Waals surface area (Å²) in [6.45, 7) is 8.91. The van der Waals surface area contributed by atoms with Crippen LogP contribution in [0.5, 0.6) is 0 Å². The Morgan fingerprint density at radius 2 is 1.94 bits per heavy atom. The van der Waals surface area contributed by atoms with E-state index in [1.165, 1.54) is 61.0 Å². The van der Waals surface area contributed by atoms with Gasteiger partial charge in [0.05, 0.1) is 11.4 Å². The molecule has 0 saturated heterocycles. The number of benzene rings is 1. The molecule has 0 unspecified atom stereocenters. The van der Waals surface area contributed by atoms with Gasteiger partial charge in [-0.25, -0.2) is 0 Å². The maximum atomic E-state index is 6.28. The van der Waals surface area contributed by atoms with Crippen LogP contribution in [0.2, 0.25) is 0 Å². The van der Waals surface area contributed by atoms with Crippen molar-refractivity contribution in [3.63, 3.8) is 0 Å². The van der Waals surface area contributed by atoms with Gasteiger partial charge in [-0.3, -0.25) is 0 Å². The average Bonchev–Trinajstić information content (AvgIpc) is 2.76. The number of aryl methyl sites for hydroxylation is 2. The third-order valence-corrected chi connectivity index (χ3v) is 4.10. The Hall–Kier alpha value is -1.18. The molecule has 1 aromatic rings. The van der Waals surface area contributed by atoms with Gasteiger partial charge in [0.25, 0.3) is 0 Å². The zero-order valence-electron chi connectivity index (χ0n) is 12.1. The molecular weight excluding hydrogens is 220 g/mol. The van der Waals surface area contributed by atoms with Crippen LogP contribution >= 0.6 is 0 Å². The van der Waals surface area contributed by atoms with Gasteiger partial charge < -0.3 is 10.6 Å². The Morgan fingerprint density at radius 1 is 1.17 bits per heavy atom. The highest BCUT2D eigenvalue weighted by Crippen LogP contribution is 2.38. The van der Waals surface area contributed by atoms with E-state index in [0.29, 0.717) is 0 Å². The molecule has 1 aliphatic rings. The van der Waals surface area contributed by atoms with Crippen molar-refractivity contribution in [1.82, 2.24) is 0 Å². The van der Waals surface area contributed by atoms with Gasteiger partial charge in [0.15, 0.2) is 0 Å². The fourth-order valence-corrected chi connectivity index (χ4v) is 3.01. The summed E-state index contributed by atoms with van der Waals surface area (Å²) in [7, 11) is 0. The van der Waals surface area contributed by atoms with Crippen molar-refractivity contribution in [3.8, 4) is 0 Å². The van der Waals surface area contributed by atoms with Crippen LogP contribution < -0.4 is 10.6 Å². The quantitative estimate of drug-likeness (QED) is 0.632. The van der Waals surface area contributed by atoms with Crippen molar-refractivity contribution < 1.29 is 0 Å². The topological polar surface area (TPSA) is 29.3 Å². The highest BCUT2D eigenvalue weighted by atomic mass is 15.2. The molecule has 2 N–H and O–H groups in total. The summed E-state index contributed by atoms with van der Waals surface area (Å²) in [4.78, 5) is 2.50. The molecule has 1 aliphatic heterocycles. The number of rotatable bonds is 5. The second-order valence-electron chi connectivity index (χ2n) is 5.55. The van der Waals surface area contributed by atoms with E-state index < -0.39 is 0 Å². The lowest BCUT2D eigenvalue weighted by Gasteiger charge is -2.22. The van der Waals surface area contributed by atoms with Crippen molar-refractivity contribution in [2.24, 2.45) is 0 Å². The molecule has 0 fully saturated rings. The first-order valence-electron chi connectivity index (χ1n) is 7.28. The normalized spacial score (nSPS) is 14.1. The van der Waals surface area contributed by atoms with Gasteiger partial charge in [0.2, 0.25) is 0 Å². The molecule has 100 valence electrons. The number of fused-ring (bicyclic) bond motifs is 1. The van der Waals surface area contributed by atoms with Crippen LogP contribution in [0.25, 0.3) is 0 Å². The van der Waals surface area contributed by atoms with Gasteiger partial charge in [-0.05, 0) is 43.4 Å². The molecule has 0 aliphatic carbocycles. The third kappa shape index (κ3) is 2.47. The molecular formula is C16H26N2. The molecule has 0 amide bonds. The fraction of sp³-hybridized carbons (Fsp3) is 0.625. The Kier molecular flexibility index (Phi) is 4.15. The molecule has 2 heteroatoms. The minimum absolute atomic E-state index is 1.00. The molecule has 0 aromatic heterocycles. The van der Waals surface area contributed by atoms with E-state index in [2.05, 4.69) is 31.7 Å². The summed E-state index contributed by atoms with van der Waals surface area (Å²) in [5, 5.41) is 0. The zero-order valence-corrected chi connectivity index (χ0v) is 12.1. The van der Waals surface area contributed by atoms with Crippen molar-refractivity contribution >= 4 is 11.4 Å². The minimum Gasteiger partial charge on any atom is -0.397 e. The number of hydrogen-bond donors (Lipinski definition) is 1. The highest BCUT2D eigenvalue weighted by Gasteiger charge is 2.23. The van der Waals surface area contributed by atoms with Crippen LogP contribution in [-0.2, 0) is 6.42 Å². The van der Waals surface area contributed by atoms with E-state index in [1.54, 1.807) is 0 Å². The highest BCUT2D eigenvalue weighted by molar-refractivity contribution is 5.78. The van der Waals surface area contributed by atoms with Gasteiger partial charge in [-0.15, -0.1) is 0 Å². The molecule has 0 saturated carbocycles. The van der Waals surface area contributed by atoms with E-state index in [9.17, 15) is 0 Å². The molecule has 2 nitrogen and oxygen atoms in total. The monoisotopic (exact) mass is 246 g/mol. The number of hydrogen-bond acceptors (Lipinski definition) is 2. The van der Waals surface area contributed by atoms with Crippen molar-refractivity contribution in [2.45, 2.75) is 52.9 Å². The first kappa shape index (κ1) is 13.3. The molecule has 1 heterocycles. The molecule has 0 bridgehead atoms. The average molecular weight is 246 g/mol. The van der Waals surface area contributed by atoms with E-state index in [1.807, 2.05) is 0 Å². The molecule has 0 spiro atoms. The SMILES string of the molecule is CCCCCCN1CCc2c(C)cc(C)c(N)c21. The van der Waals surface area contributed by atoms with E-state index in [4.69, 9.17) is 5.73 Å². The summed E-state index contributed by atoms with van der Waals surface area (Å²) >= 11 is 0. The summed E-state index contributed by atoms with van der Waals surface area (Å²) in [5.41, 5.74) is 12.7. The zero-order chi connectivity index (χ0) is 13.1. The van der Waals surface area contributed by atoms with Crippen LogP contribution in [0.1, 0.15) is 49.3 Å². The number of nitrogens with two attached hydrogens (primary N) is 1. The summed E-state index contributed by atoms with van der Waals surface area (Å²) in [5.74, 6) is 0. The third-order valence-electron chi connectivity index (χ3n) is 4.10. The lowest BCUT2D eigenvalue weighted by Crippen LogP contribution is -2.22. The number of nitrogens with zero attached hydrogens (tertiary/aromatic N) is 1. The maximum Gasteiger partial charge on any atom is 0.0638 e. The van der Waals surface area contributed by atoms with Gasteiger partial charge >= 0.3 is 0 Å². The lowest BCUT2D eigenvalue weighted by molar-refractivity contribution is 0.651. The van der Waals surface area contributed by atoms with Crippen LogP contribution in [-0.4, -0.2) is 13.1 Å². The van der Waals surface area contributed by atoms with Gasteiger partial charge in [-0.1, -0.05) is 32.3 Å². The Balaban J connectivity index is 2.12. The molecule has 18 heavy (non-hydrogen) atoms. The summed E-state index contributed by atoms with van der Waals surface area (Å²) in [6.07, 6.45) is 6.45. The number of unbranched alkanes of at least 4 members (excludes halogenated alkanes) is 3. The Bertz CT molecular complexity index is 424. The smallest absolute Gasteiger partial charge is 0.0638 e. The standard InChI is InChI=1S/C16H26N2/c1-4-5-6-7-9-18-10-8-14-12(2)11-13(3)15(17)16(14)18/h11H,4-10,17H2,1-3H3. The Morgan fingerprint density at radius 3 is 2.67 bits per heavy atom. The predicted octanol–water partition coefficient (Wildman–Crippen LogP) is 3.83. The minimum atomic E-state index is 1.00. The van der Waals surface area contributed by atoms with Crippen molar-refractivity contribution in [2.75, 3.05) is 23.7 Å². The largest absolute Gasteiger partial charge is 0.397 e. The van der Waals surface area contributed by atoms with E-state index >= 15 is 0 Å². The first-order valence-corrected chi connectivity index (χ1v) is 7.28. The second kappa shape index (κ2) is 5.64. The number of anilines is 2. The van der Waals surface area contributed by atoms with Gasteiger partial charge in [-0.2, -0.15) is 0 Å². The van der Waals surface area contributed by atoms with Crippen molar-refractivity contribution in [1.29, 1.82) is 0 Å². The summed E-state index contributed by atoms with van der Waals surface area (Å²) in [6, 6.07) is 2.23. The van der Waals surface area contributed by atoms with Gasteiger partial charge in [0, 0.05) is 13.1 Å². The van der Waals surface area contributed by atoms with Crippen LogP contribution in [0.3, 0.4) is 0 Å². The van der Waals surface area contributed by atoms with E-state index in [-0.39, 0.29) is 0 Å². The maximum absolute atomic E-state index is 6.28. The number of nitrogen functional groups attached to an aromatic ring is 1. The Labute approximate surface area is 111 Å². The molecule has 0 radical (unpaired) electrons. The van der Waals surface area contributed by atoms with Crippen molar-refractivity contribution in [3.05, 3.63) is 22.8 Å². The van der Waals surface area contributed by atoms with Crippen LogP contribution in [0.15, 0.2) is 6.07 Å². The summed E-state index contributed by atoms with van der Waals surface area (Å²) < 4.78 is 0. The second-order valence-corrected chi connectivity index (χ2v) is 5.55. The van der Waals surface area contributed by atoms with Crippen LogP contribution in [0, 0.1) is 13.8 Å². The first-order chi connectivity index (χ1) is 8.65. The van der Waals surface area contributed by atoms with E-state index in [0.717, 1.165) is 12.2 Å². The molecule has 1 aromatic carbocycles. The predicted molar refractivity (Wildman–Crippen MR) is 80.4 cm³/mol. The van der Waals surface area contributed by atoms with Crippen LogP contribution in [0.4, 0.5) is 11.4 Å². The fourth-order valence-electron chi connectivity index (χ4n) is 3.01. The van der Waals surface area contributed by atoms with Gasteiger partial charge in [0.1, 0.15) is 0 Å². The molecule has 2 rings (SSSR count). The lowest BCUT2D eigenvalue weighted by atomic mass is 10.0. The molecule has 0 atom stereocenters.